The van der Waals surface area contributed by atoms with Crippen LogP contribution in [0.3, 0.4) is 0 Å². The molecule has 5 nitrogen and oxygen atoms in total. The number of halogens is 1. The van der Waals surface area contributed by atoms with E-state index in [2.05, 4.69) is 43.4 Å². The SMILES string of the molecule is CC[Si](CC)(CC)O[C@@H](C/C=C(/C)I)C(=O)N1CCOC1=O. The van der Waals surface area contributed by atoms with Gasteiger partial charge in [0.25, 0.3) is 5.91 Å². The van der Waals surface area contributed by atoms with Gasteiger partial charge in [0.05, 0.1) is 6.54 Å². The Bertz CT molecular complexity index is 425. The Balaban J connectivity index is 2.94. The molecule has 1 rings (SSSR count). The maximum absolute atomic E-state index is 12.7. The molecule has 0 saturated carbocycles. The zero-order chi connectivity index (χ0) is 16.8. The van der Waals surface area contributed by atoms with E-state index in [1.54, 1.807) is 0 Å². The average molecular weight is 439 g/mol. The third-order valence-electron chi connectivity index (χ3n) is 4.24. The van der Waals surface area contributed by atoms with Gasteiger partial charge in [-0.2, -0.15) is 0 Å². The van der Waals surface area contributed by atoms with Gasteiger partial charge in [0, 0.05) is 6.42 Å². The second-order valence-corrected chi connectivity index (χ2v) is 11.9. The van der Waals surface area contributed by atoms with Crippen molar-refractivity contribution in [3.8, 4) is 0 Å². The summed E-state index contributed by atoms with van der Waals surface area (Å²) >= 11 is 2.22. The molecule has 1 aliphatic heterocycles. The minimum atomic E-state index is -1.92. The average Bonchev–Trinajstić information content (AvgIpc) is 2.93. The number of rotatable bonds is 8. The van der Waals surface area contributed by atoms with Crippen LogP contribution in [0, 0.1) is 0 Å². The van der Waals surface area contributed by atoms with Crippen molar-refractivity contribution < 1.29 is 18.8 Å². The fraction of sp³-hybridized carbons (Fsp3) is 0.733. The van der Waals surface area contributed by atoms with Crippen LogP contribution in [0.15, 0.2) is 9.66 Å². The lowest BCUT2D eigenvalue weighted by Gasteiger charge is -2.33. The lowest BCUT2D eigenvalue weighted by Crippen LogP contribution is -2.48. The Hall–Kier alpha value is -0.413. The van der Waals surface area contributed by atoms with Gasteiger partial charge in [-0.05, 0) is 51.2 Å². The molecule has 0 aliphatic carbocycles. The normalized spacial score (nSPS) is 17.6. The van der Waals surface area contributed by atoms with Crippen LogP contribution in [-0.2, 0) is 14.0 Å². The fourth-order valence-electron chi connectivity index (χ4n) is 2.54. The van der Waals surface area contributed by atoms with Crippen LogP contribution in [0.5, 0.6) is 0 Å². The molecule has 1 fully saturated rings. The van der Waals surface area contributed by atoms with E-state index in [0.717, 1.165) is 21.7 Å². The van der Waals surface area contributed by atoms with Gasteiger partial charge < -0.3 is 9.16 Å². The Morgan fingerprint density at radius 2 is 2.00 bits per heavy atom. The summed E-state index contributed by atoms with van der Waals surface area (Å²) in [5.74, 6) is -0.261. The molecule has 0 spiro atoms. The maximum atomic E-state index is 12.7. The van der Waals surface area contributed by atoms with Gasteiger partial charge in [-0.3, -0.25) is 4.79 Å². The first-order chi connectivity index (χ1) is 10.4. The molecule has 0 aromatic heterocycles. The van der Waals surface area contributed by atoms with E-state index in [-0.39, 0.29) is 12.5 Å². The summed E-state index contributed by atoms with van der Waals surface area (Å²) in [6, 6.07) is 2.92. The lowest BCUT2D eigenvalue weighted by molar-refractivity contribution is -0.135. The van der Waals surface area contributed by atoms with Crippen molar-refractivity contribution in [2.75, 3.05) is 13.2 Å². The summed E-state index contributed by atoms with van der Waals surface area (Å²) in [5, 5.41) is 0. The Morgan fingerprint density at radius 1 is 1.41 bits per heavy atom. The molecule has 1 saturated heterocycles. The van der Waals surface area contributed by atoms with Gasteiger partial charge in [-0.25, -0.2) is 9.69 Å². The van der Waals surface area contributed by atoms with E-state index in [4.69, 9.17) is 9.16 Å². The molecule has 1 atom stereocenters. The number of hydrogen-bond acceptors (Lipinski definition) is 4. The predicted octanol–water partition coefficient (Wildman–Crippen LogP) is 4.08. The third-order valence-corrected chi connectivity index (χ3v) is 9.33. The lowest BCUT2D eigenvalue weighted by atomic mass is 10.2. The first kappa shape index (κ1) is 19.6. The first-order valence-electron chi connectivity index (χ1n) is 7.87. The van der Waals surface area contributed by atoms with Crippen molar-refractivity contribution in [2.45, 2.75) is 58.4 Å². The number of cyclic esters (lactones) is 1. The zero-order valence-corrected chi connectivity index (χ0v) is 17.0. The van der Waals surface area contributed by atoms with Crippen molar-refractivity contribution in [3.05, 3.63) is 9.66 Å². The number of imide groups is 1. The molecule has 0 N–H and O–H groups in total. The number of ether oxygens (including phenoxy) is 1. The van der Waals surface area contributed by atoms with Gasteiger partial charge in [0.2, 0.25) is 0 Å². The molecular weight excluding hydrogens is 413 g/mol. The largest absolute Gasteiger partial charge is 0.447 e. The standard InChI is InChI=1S/C15H26INO4Si/c1-5-22(6-2,7-3)21-13(9-8-12(4)16)14(18)17-10-11-20-15(17)19/h8,13H,5-7,9-11H2,1-4H3/b12-8-/t13-/m0/s1. The summed E-state index contributed by atoms with van der Waals surface area (Å²) in [7, 11) is -1.92. The summed E-state index contributed by atoms with van der Waals surface area (Å²) in [6.45, 7) is 8.97. The third kappa shape index (κ3) is 5.06. The smallest absolute Gasteiger partial charge is 0.416 e. The molecule has 1 heterocycles. The summed E-state index contributed by atoms with van der Waals surface area (Å²) in [4.78, 5) is 25.5. The van der Waals surface area contributed by atoms with Crippen molar-refractivity contribution in [1.29, 1.82) is 0 Å². The van der Waals surface area contributed by atoms with E-state index < -0.39 is 20.5 Å². The van der Waals surface area contributed by atoms with Gasteiger partial charge in [0.15, 0.2) is 8.32 Å². The minimum Gasteiger partial charge on any atom is -0.447 e. The predicted molar refractivity (Wildman–Crippen MR) is 97.5 cm³/mol. The quantitative estimate of drug-likeness (QED) is 0.423. The van der Waals surface area contributed by atoms with Gasteiger partial charge in [-0.15, -0.1) is 0 Å². The van der Waals surface area contributed by atoms with Crippen LogP contribution in [0.2, 0.25) is 18.1 Å². The van der Waals surface area contributed by atoms with E-state index in [1.807, 2.05) is 13.0 Å². The Labute approximate surface area is 147 Å². The Morgan fingerprint density at radius 3 is 2.41 bits per heavy atom. The zero-order valence-electron chi connectivity index (χ0n) is 13.9. The van der Waals surface area contributed by atoms with Crippen LogP contribution in [-0.4, -0.2) is 44.5 Å². The van der Waals surface area contributed by atoms with Crippen molar-refractivity contribution >= 4 is 42.9 Å². The molecule has 0 radical (unpaired) electrons. The highest BCUT2D eigenvalue weighted by atomic mass is 127. The van der Waals surface area contributed by atoms with Crippen LogP contribution in [0.1, 0.15) is 34.1 Å². The molecule has 0 aromatic rings. The number of nitrogens with zero attached hydrogens (tertiary/aromatic N) is 1. The number of carbonyl (C=O) groups excluding carboxylic acids is 2. The van der Waals surface area contributed by atoms with Crippen molar-refractivity contribution in [3.63, 3.8) is 0 Å². The number of hydrogen-bond donors (Lipinski definition) is 0. The highest BCUT2D eigenvalue weighted by molar-refractivity contribution is 14.1. The topological polar surface area (TPSA) is 55.8 Å². The van der Waals surface area contributed by atoms with Crippen LogP contribution in [0.4, 0.5) is 4.79 Å². The molecule has 7 heteroatoms. The van der Waals surface area contributed by atoms with Gasteiger partial charge in [-0.1, -0.05) is 26.8 Å². The minimum absolute atomic E-state index is 0.261. The van der Waals surface area contributed by atoms with Crippen LogP contribution >= 0.6 is 22.6 Å². The highest BCUT2D eigenvalue weighted by Crippen LogP contribution is 2.26. The summed E-state index contributed by atoms with van der Waals surface area (Å²) < 4.78 is 12.3. The fourth-order valence-corrected chi connectivity index (χ4v) is 5.59. The van der Waals surface area contributed by atoms with Crippen LogP contribution in [0.25, 0.3) is 0 Å². The molecule has 2 amide bonds. The maximum Gasteiger partial charge on any atom is 0.416 e. The van der Waals surface area contributed by atoms with Gasteiger partial charge >= 0.3 is 6.09 Å². The number of allylic oxidation sites excluding steroid dienone is 1. The number of amides is 2. The van der Waals surface area contributed by atoms with E-state index in [9.17, 15) is 9.59 Å². The molecule has 0 bridgehead atoms. The monoisotopic (exact) mass is 439 g/mol. The molecule has 0 unspecified atom stereocenters. The summed E-state index contributed by atoms with van der Waals surface area (Å²) in [6.07, 6.45) is 1.36. The second-order valence-electron chi connectivity index (χ2n) is 5.48. The number of carbonyl (C=O) groups is 2. The molecule has 126 valence electrons. The Kier molecular flexibility index (Phi) is 8.05. The first-order valence-corrected chi connectivity index (χ1v) is 11.5. The van der Waals surface area contributed by atoms with E-state index >= 15 is 0 Å². The van der Waals surface area contributed by atoms with Crippen molar-refractivity contribution in [2.24, 2.45) is 0 Å². The summed E-state index contributed by atoms with van der Waals surface area (Å²) in [5.41, 5.74) is 0. The molecule has 22 heavy (non-hydrogen) atoms. The van der Waals surface area contributed by atoms with E-state index in [1.165, 1.54) is 4.90 Å². The molecule has 0 aromatic carbocycles. The van der Waals surface area contributed by atoms with Crippen LogP contribution < -0.4 is 0 Å². The van der Waals surface area contributed by atoms with Crippen molar-refractivity contribution in [1.82, 2.24) is 4.90 Å². The molecular formula is C15H26INO4Si. The highest BCUT2D eigenvalue weighted by Gasteiger charge is 2.39. The second kappa shape index (κ2) is 9.02. The van der Waals surface area contributed by atoms with E-state index in [0.29, 0.717) is 13.0 Å². The van der Waals surface area contributed by atoms with Gasteiger partial charge in [0.1, 0.15) is 12.7 Å². The molecule has 1 aliphatic rings.